The average Bonchev–Trinajstić information content (AvgIpc) is 3.79. The van der Waals surface area contributed by atoms with E-state index in [-0.39, 0.29) is 17.7 Å². The maximum absolute atomic E-state index is 13.4. The predicted molar refractivity (Wildman–Crippen MR) is 161 cm³/mol. The molecule has 3 aromatic rings. The van der Waals surface area contributed by atoms with E-state index in [1.165, 1.54) is 5.56 Å². The number of piperidine rings is 1. The molecule has 202 valence electrons. The first-order valence-electron chi connectivity index (χ1n) is 13.8. The van der Waals surface area contributed by atoms with Gasteiger partial charge in [-0.1, -0.05) is 49.4 Å². The monoisotopic (exact) mass is 541 g/mol. The van der Waals surface area contributed by atoms with Crippen LogP contribution in [0.5, 0.6) is 0 Å². The molecular formula is C32H36ClN5O. The number of hydrogen-bond acceptors (Lipinski definition) is 6. The number of allylic oxidation sites excluding steroid dienone is 1. The fourth-order valence-corrected chi connectivity index (χ4v) is 5.41. The summed E-state index contributed by atoms with van der Waals surface area (Å²) in [6.07, 6.45) is 10.3. The number of nitrogens with two attached hydrogens (primary N) is 1. The van der Waals surface area contributed by atoms with E-state index in [4.69, 9.17) is 17.3 Å². The Labute approximate surface area is 235 Å². The van der Waals surface area contributed by atoms with Crippen LogP contribution < -0.4 is 26.4 Å². The number of nitrogens with zero attached hydrogens (tertiary/aromatic N) is 3. The number of aromatic nitrogens is 2. The number of Topliss-reactive ketones (excluding diaryl/α,β-unsaturated/α-hetero) is 1. The van der Waals surface area contributed by atoms with Crippen LogP contribution in [0, 0.1) is 5.92 Å². The van der Waals surface area contributed by atoms with Gasteiger partial charge in [0.05, 0.1) is 23.8 Å². The minimum Gasteiger partial charge on any atom is -0.352 e. The van der Waals surface area contributed by atoms with Gasteiger partial charge >= 0.3 is 0 Å². The second-order valence-electron chi connectivity index (χ2n) is 10.5. The standard InChI is InChI=1S/C32H36ClN5O/c1-4-21-13-24(15-25(33)14-21)23-9-8-20(3)29(16-23)30(28(5-2)31(39)22-10-11-22)37-27-17-35-32(36-18-27)38-12-6-7-26(34)19-38/h5,8-9,13-18,22,26,37H,3-4,6-7,10-12,19,34H2,1-2H3/b28-5+,30-29+. The van der Waals surface area contributed by atoms with Gasteiger partial charge in [-0.15, -0.1) is 0 Å². The third-order valence-corrected chi connectivity index (χ3v) is 7.72. The van der Waals surface area contributed by atoms with E-state index in [1.54, 1.807) is 12.4 Å². The van der Waals surface area contributed by atoms with Crippen molar-refractivity contribution in [2.75, 3.05) is 23.3 Å². The Morgan fingerprint density at radius 1 is 1.15 bits per heavy atom. The molecule has 0 spiro atoms. The van der Waals surface area contributed by atoms with Crippen LogP contribution in [0.1, 0.15) is 45.1 Å². The molecule has 6 nitrogen and oxygen atoms in total. The van der Waals surface area contributed by atoms with E-state index in [0.717, 1.165) is 72.5 Å². The van der Waals surface area contributed by atoms with Crippen molar-refractivity contribution >= 4 is 41.3 Å². The molecule has 1 unspecified atom stereocenters. The summed E-state index contributed by atoms with van der Waals surface area (Å²) in [6.45, 7) is 9.99. The molecule has 1 aromatic heterocycles. The largest absolute Gasteiger partial charge is 0.352 e. The van der Waals surface area contributed by atoms with Gasteiger partial charge < -0.3 is 16.0 Å². The first-order valence-corrected chi connectivity index (χ1v) is 14.2. The van der Waals surface area contributed by atoms with Crippen LogP contribution in [-0.2, 0) is 11.2 Å². The maximum atomic E-state index is 13.4. The molecule has 3 N–H and O–H groups in total. The lowest BCUT2D eigenvalue weighted by Gasteiger charge is -2.30. The summed E-state index contributed by atoms with van der Waals surface area (Å²) in [4.78, 5) is 24.8. The predicted octanol–water partition coefficient (Wildman–Crippen LogP) is 4.84. The summed E-state index contributed by atoms with van der Waals surface area (Å²) in [7, 11) is 0. The first kappa shape index (κ1) is 27.1. The van der Waals surface area contributed by atoms with Crippen molar-refractivity contribution in [2.24, 2.45) is 11.7 Å². The third kappa shape index (κ3) is 6.23. The number of aryl methyl sites for hydroxylation is 1. The van der Waals surface area contributed by atoms with Crippen LogP contribution in [0.2, 0.25) is 5.02 Å². The number of carbonyl (C=O) groups is 1. The Hall–Kier alpha value is -3.48. The van der Waals surface area contributed by atoms with Gasteiger partial charge in [0.1, 0.15) is 0 Å². The Bertz CT molecular complexity index is 1510. The van der Waals surface area contributed by atoms with Crippen LogP contribution in [0.15, 0.2) is 60.4 Å². The zero-order valence-corrected chi connectivity index (χ0v) is 23.5. The number of anilines is 2. The molecule has 1 saturated carbocycles. The van der Waals surface area contributed by atoms with Crippen LogP contribution >= 0.6 is 11.6 Å². The molecule has 1 aliphatic carbocycles. The lowest BCUT2D eigenvalue weighted by atomic mass is 9.97. The molecule has 2 fully saturated rings. The van der Waals surface area contributed by atoms with Crippen molar-refractivity contribution in [2.45, 2.75) is 52.0 Å². The number of ketones is 1. The van der Waals surface area contributed by atoms with Gasteiger partial charge in [0, 0.05) is 40.9 Å². The summed E-state index contributed by atoms with van der Waals surface area (Å²) in [6, 6.07) is 12.4. The van der Waals surface area contributed by atoms with Crippen molar-refractivity contribution in [1.82, 2.24) is 9.97 Å². The highest BCUT2D eigenvalue weighted by atomic mass is 35.5. The SMILES string of the molecule is C=c1ccc(-c2cc(Cl)cc(CC)c2)c/c1=C(Nc1cnc(N2CCCC(N)C2)nc1)/C(=C\C)C(=O)C1CC1. The molecule has 2 aliphatic rings. The third-order valence-electron chi connectivity index (χ3n) is 7.50. The smallest absolute Gasteiger partial charge is 0.225 e. The molecule has 0 amide bonds. The minimum atomic E-state index is 0.0754. The van der Waals surface area contributed by atoms with E-state index in [9.17, 15) is 4.79 Å². The van der Waals surface area contributed by atoms with Gasteiger partial charge in [-0.2, -0.15) is 0 Å². The molecule has 0 bridgehead atoms. The summed E-state index contributed by atoms with van der Waals surface area (Å²) in [5.74, 6) is 0.900. The number of hydrogen-bond donors (Lipinski definition) is 2. The summed E-state index contributed by atoms with van der Waals surface area (Å²) in [5.41, 5.74) is 11.5. The number of halogens is 1. The van der Waals surface area contributed by atoms with Gasteiger partial charge in [0.2, 0.25) is 5.95 Å². The molecular weight excluding hydrogens is 506 g/mol. The topological polar surface area (TPSA) is 84.1 Å². The summed E-state index contributed by atoms with van der Waals surface area (Å²) in [5, 5.41) is 5.88. The molecule has 7 heteroatoms. The van der Waals surface area contributed by atoms with Crippen molar-refractivity contribution in [3.8, 4) is 11.1 Å². The Kier molecular flexibility index (Phi) is 8.15. The molecule has 1 atom stereocenters. The number of carbonyl (C=O) groups excluding carboxylic acids is 1. The van der Waals surface area contributed by atoms with E-state index in [0.29, 0.717) is 22.2 Å². The quantitative estimate of drug-likeness (QED) is 0.397. The van der Waals surface area contributed by atoms with Crippen LogP contribution in [0.25, 0.3) is 23.4 Å². The number of nitrogens with one attached hydrogen (secondary N) is 1. The molecule has 2 aromatic carbocycles. The molecule has 5 rings (SSSR count). The van der Waals surface area contributed by atoms with E-state index in [1.807, 2.05) is 37.3 Å². The van der Waals surface area contributed by atoms with Crippen molar-refractivity contribution in [1.29, 1.82) is 0 Å². The van der Waals surface area contributed by atoms with E-state index >= 15 is 0 Å². The molecule has 39 heavy (non-hydrogen) atoms. The lowest BCUT2D eigenvalue weighted by molar-refractivity contribution is -0.116. The van der Waals surface area contributed by atoms with Gasteiger partial charge in [-0.05, 0) is 79.1 Å². The fourth-order valence-electron chi connectivity index (χ4n) is 5.15. The fraction of sp³-hybridized carbons (Fsp3) is 0.344. The minimum absolute atomic E-state index is 0.0754. The number of rotatable bonds is 8. The van der Waals surface area contributed by atoms with Crippen LogP contribution in [0.4, 0.5) is 11.6 Å². The second kappa shape index (κ2) is 11.7. The highest BCUT2D eigenvalue weighted by Crippen LogP contribution is 2.34. The van der Waals surface area contributed by atoms with Crippen LogP contribution in [0.3, 0.4) is 0 Å². The van der Waals surface area contributed by atoms with Crippen molar-refractivity contribution in [3.05, 3.63) is 81.5 Å². The van der Waals surface area contributed by atoms with Gasteiger partial charge in [-0.25, -0.2) is 9.97 Å². The Balaban J connectivity index is 1.58. The molecule has 1 saturated heterocycles. The van der Waals surface area contributed by atoms with Gasteiger partial charge in [-0.3, -0.25) is 4.79 Å². The molecule has 1 aliphatic heterocycles. The zero-order valence-electron chi connectivity index (χ0n) is 22.7. The lowest BCUT2D eigenvalue weighted by Crippen LogP contribution is -2.43. The van der Waals surface area contributed by atoms with Crippen molar-refractivity contribution in [3.63, 3.8) is 0 Å². The molecule has 0 radical (unpaired) electrons. The Morgan fingerprint density at radius 2 is 1.92 bits per heavy atom. The van der Waals surface area contributed by atoms with Gasteiger partial charge in [0.25, 0.3) is 0 Å². The average molecular weight is 542 g/mol. The normalized spacial score (nSPS) is 18.6. The van der Waals surface area contributed by atoms with Gasteiger partial charge in [0.15, 0.2) is 5.78 Å². The maximum Gasteiger partial charge on any atom is 0.225 e. The second-order valence-corrected chi connectivity index (χ2v) is 11.0. The van der Waals surface area contributed by atoms with Crippen LogP contribution in [-0.4, -0.2) is 34.9 Å². The first-order chi connectivity index (χ1) is 18.9. The zero-order chi connectivity index (χ0) is 27.5. The number of benzene rings is 2. The highest BCUT2D eigenvalue weighted by Gasteiger charge is 2.33. The van der Waals surface area contributed by atoms with E-state index in [2.05, 4.69) is 45.8 Å². The Morgan fingerprint density at radius 3 is 2.59 bits per heavy atom. The van der Waals surface area contributed by atoms with E-state index < -0.39 is 0 Å². The molecule has 2 heterocycles. The summed E-state index contributed by atoms with van der Waals surface area (Å²) >= 11 is 6.44. The highest BCUT2D eigenvalue weighted by molar-refractivity contribution is 6.31. The van der Waals surface area contributed by atoms with Crippen molar-refractivity contribution < 1.29 is 4.79 Å². The summed E-state index contributed by atoms with van der Waals surface area (Å²) < 4.78 is 0.